The van der Waals surface area contributed by atoms with E-state index in [1.165, 1.54) is 6.20 Å². The number of rotatable bonds is 6. The van der Waals surface area contributed by atoms with E-state index in [4.69, 9.17) is 9.94 Å². The van der Waals surface area contributed by atoms with Gasteiger partial charge in [0.15, 0.2) is 0 Å². The molecule has 0 aliphatic carbocycles. The fourth-order valence-electron chi connectivity index (χ4n) is 1.47. The number of hydrogen-bond acceptors (Lipinski definition) is 4. The Morgan fingerprint density at radius 1 is 1.67 bits per heavy atom. The highest BCUT2D eigenvalue weighted by atomic mass is 16.6. The average molecular weight is 253 g/mol. The van der Waals surface area contributed by atoms with Crippen molar-refractivity contribution < 1.29 is 14.7 Å². The minimum absolute atomic E-state index is 0.0634. The number of oxime groups is 1. The predicted molar refractivity (Wildman–Crippen MR) is 68.0 cm³/mol. The molecule has 0 radical (unpaired) electrons. The summed E-state index contributed by atoms with van der Waals surface area (Å²) in [7, 11) is 0. The summed E-state index contributed by atoms with van der Waals surface area (Å²) in [5.41, 5.74) is 1.76. The third-order valence-electron chi connectivity index (χ3n) is 2.74. The van der Waals surface area contributed by atoms with Gasteiger partial charge >= 0.3 is 5.97 Å². The smallest absolute Gasteiger partial charge is 0.339 e. The van der Waals surface area contributed by atoms with Gasteiger partial charge in [0.1, 0.15) is 12.2 Å². The first-order valence-electron chi connectivity index (χ1n) is 5.90. The van der Waals surface area contributed by atoms with Crippen molar-refractivity contribution in [3.05, 3.63) is 17.5 Å². The molecule has 0 bridgehead atoms. The van der Waals surface area contributed by atoms with Crippen LogP contribution in [0.4, 0.5) is 0 Å². The lowest BCUT2D eigenvalue weighted by Gasteiger charge is -2.13. The molecule has 100 valence electrons. The molecule has 0 spiro atoms. The molecule has 0 aliphatic heterocycles. The summed E-state index contributed by atoms with van der Waals surface area (Å²) in [6.07, 6.45) is 2.20. The number of aromatic carboxylic acids is 1. The molecule has 1 aromatic heterocycles. The van der Waals surface area contributed by atoms with Crippen molar-refractivity contribution in [1.82, 2.24) is 9.78 Å². The van der Waals surface area contributed by atoms with Crippen LogP contribution in [0.3, 0.4) is 0 Å². The standard InChI is InChI=1S/C12H19N3O3/c1-5-8(2)14-18-7-9(3)15-10(4)11(6-13-15)12(16)17/h6,9H,5,7H2,1-4H3,(H,16,17)/b14-8+. The highest BCUT2D eigenvalue weighted by Crippen LogP contribution is 2.13. The molecule has 6 heteroatoms. The molecule has 1 unspecified atom stereocenters. The topological polar surface area (TPSA) is 76.7 Å². The highest BCUT2D eigenvalue weighted by Gasteiger charge is 2.16. The maximum absolute atomic E-state index is 10.9. The van der Waals surface area contributed by atoms with Gasteiger partial charge < -0.3 is 9.94 Å². The average Bonchev–Trinajstić information content (AvgIpc) is 2.70. The Morgan fingerprint density at radius 2 is 2.33 bits per heavy atom. The summed E-state index contributed by atoms with van der Waals surface area (Å²) >= 11 is 0. The molecule has 0 saturated carbocycles. The second-order valence-electron chi connectivity index (χ2n) is 4.22. The zero-order chi connectivity index (χ0) is 13.7. The summed E-state index contributed by atoms with van der Waals surface area (Å²) in [6.45, 7) is 7.89. The van der Waals surface area contributed by atoms with Gasteiger partial charge in [-0.3, -0.25) is 4.68 Å². The molecule has 1 rings (SSSR count). The minimum atomic E-state index is -0.966. The van der Waals surface area contributed by atoms with E-state index in [0.717, 1.165) is 12.1 Å². The van der Waals surface area contributed by atoms with Crippen molar-refractivity contribution in [2.45, 2.75) is 40.2 Å². The van der Waals surface area contributed by atoms with Crippen molar-refractivity contribution in [2.75, 3.05) is 6.61 Å². The zero-order valence-electron chi connectivity index (χ0n) is 11.2. The van der Waals surface area contributed by atoms with Crippen LogP contribution in [-0.2, 0) is 4.84 Å². The largest absolute Gasteiger partial charge is 0.478 e. The maximum atomic E-state index is 10.9. The summed E-state index contributed by atoms with van der Waals surface area (Å²) in [5, 5.41) is 16.9. The van der Waals surface area contributed by atoms with Crippen LogP contribution >= 0.6 is 0 Å². The molecular weight excluding hydrogens is 234 g/mol. The normalized spacial score (nSPS) is 13.4. The van der Waals surface area contributed by atoms with E-state index >= 15 is 0 Å². The predicted octanol–water partition coefficient (Wildman–Crippen LogP) is 2.25. The van der Waals surface area contributed by atoms with Crippen LogP contribution in [0, 0.1) is 6.92 Å². The minimum Gasteiger partial charge on any atom is -0.478 e. The van der Waals surface area contributed by atoms with E-state index in [2.05, 4.69) is 10.3 Å². The quantitative estimate of drug-likeness (QED) is 0.623. The molecule has 0 aromatic carbocycles. The Kier molecular flexibility index (Phi) is 4.88. The van der Waals surface area contributed by atoms with E-state index in [1.54, 1.807) is 11.6 Å². The highest BCUT2D eigenvalue weighted by molar-refractivity contribution is 5.88. The number of carbonyl (C=O) groups is 1. The first-order valence-corrected chi connectivity index (χ1v) is 5.90. The van der Waals surface area contributed by atoms with E-state index < -0.39 is 5.97 Å². The van der Waals surface area contributed by atoms with Gasteiger partial charge in [-0.1, -0.05) is 12.1 Å². The van der Waals surface area contributed by atoms with Crippen molar-refractivity contribution in [3.63, 3.8) is 0 Å². The van der Waals surface area contributed by atoms with Crippen LogP contribution < -0.4 is 0 Å². The van der Waals surface area contributed by atoms with Gasteiger partial charge in [-0.25, -0.2) is 4.79 Å². The first-order chi connectivity index (χ1) is 8.47. The monoisotopic (exact) mass is 253 g/mol. The molecule has 0 fully saturated rings. The molecule has 1 N–H and O–H groups in total. The zero-order valence-corrected chi connectivity index (χ0v) is 11.2. The molecule has 1 atom stereocenters. The Balaban J connectivity index is 2.67. The lowest BCUT2D eigenvalue weighted by atomic mass is 10.2. The van der Waals surface area contributed by atoms with Gasteiger partial charge in [-0.05, 0) is 27.2 Å². The molecule has 0 saturated heterocycles. The second kappa shape index (κ2) is 6.18. The van der Waals surface area contributed by atoms with E-state index in [0.29, 0.717) is 12.3 Å². The lowest BCUT2D eigenvalue weighted by molar-refractivity contribution is 0.0695. The van der Waals surface area contributed by atoms with Crippen molar-refractivity contribution in [2.24, 2.45) is 5.16 Å². The number of carboxylic acid groups (broad SMARTS) is 1. The molecule has 1 aromatic rings. The molecule has 0 aliphatic rings. The summed E-state index contributed by atoms with van der Waals surface area (Å²) in [4.78, 5) is 16.1. The Bertz CT molecular complexity index is 451. The van der Waals surface area contributed by atoms with Gasteiger partial charge in [0.05, 0.1) is 23.6 Å². The first kappa shape index (κ1) is 14.2. The molecule has 0 amide bonds. The van der Waals surface area contributed by atoms with Gasteiger partial charge in [0, 0.05) is 0 Å². The van der Waals surface area contributed by atoms with E-state index in [1.807, 2.05) is 20.8 Å². The molecule has 1 heterocycles. The second-order valence-corrected chi connectivity index (χ2v) is 4.22. The van der Waals surface area contributed by atoms with Crippen LogP contribution in [0.2, 0.25) is 0 Å². The van der Waals surface area contributed by atoms with Crippen LogP contribution in [0.25, 0.3) is 0 Å². The number of hydrogen-bond donors (Lipinski definition) is 1. The van der Waals surface area contributed by atoms with Crippen LogP contribution in [-0.4, -0.2) is 33.2 Å². The van der Waals surface area contributed by atoms with Crippen LogP contribution in [0.5, 0.6) is 0 Å². The molecular formula is C12H19N3O3. The molecule has 18 heavy (non-hydrogen) atoms. The number of nitrogens with zero attached hydrogens (tertiary/aromatic N) is 3. The van der Waals surface area contributed by atoms with Crippen molar-refractivity contribution in [1.29, 1.82) is 0 Å². The number of carboxylic acids is 1. The van der Waals surface area contributed by atoms with E-state index in [-0.39, 0.29) is 11.6 Å². The molecule has 6 nitrogen and oxygen atoms in total. The van der Waals surface area contributed by atoms with Gasteiger partial charge in [0.25, 0.3) is 0 Å². The number of aromatic nitrogens is 2. The maximum Gasteiger partial charge on any atom is 0.339 e. The summed E-state index contributed by atoms with van der Waals surface area (Å²) < 4.78 is 1.64. The third kappa shape index (κ3) is 3.32. The van der Waals surface area contributed by atoms with Crippen molar-refractivity contribution in [3.8, 4) is 0 Å². The van der Waals surface area contributed by atoms with Gasteiger partial charge in [-0.2, -0.15) is 5.10 Å². The third-order valence-corrected chi connectivity index (χ3v) is 2.74. The lowest BCUT2D eigenvalue weighted by Crippen LogP contribution is -2.14. The SMILES string of the molecule is CC/C(C)=N/OCC(C)n1ncc(C(=O)O)c1C. The Morgan fingerprint density at radius 3 is 2.83 bits per heavy atom. The van der Waals surface area contributed by atoms with Gasteiger partial charge in [-0.15, -0.1) is 0 Å². The van der Waals surface area contributed by atoms with E-state index in [9.17, 15) is 4.79 Å². The van der Waals surface area contributed by atoms with Crippen molar-refractivity contribution >= 4 is 11.7 Å². The fourth-order valence-corrected chi connectivity index (χ4v) is 1.47. The Hall–Kier alpha value is -1.85. The fraction of sp³-hybridized carbons (Fsp3) is 0.583. The van der Waals surface area contributed by atoms with Gasteiger partial charge in [0.2, 0.25) is 0 Å². The summed E-state index contributed by atoms with van der Waals surface area (Å²) in [5.74, 6) is -0.966. The van der Waals surface area contributed by atoms with Crippen LogP contribution in [0.1, 0.15) is 49.3 Å². The Labute approximate surface area is 106 Å². The summed E-state index contributed by atoms with van der Waals surface area (Å²) in [6, 6.07) is -0.0634. The van der Waals surface area contributed by atoms with Crippen LogP contribution in [0.15, 0.2) is 11.4 Å².